The number of nitrogens with zero attached hydrogens (tertiary/aromatic N) is 1. The van der Waals surface area contributed by atoms with Crippen LogP contribution in [0.2, 0.25) is 0 Å². The third-order valence-electron chi connectivity index (χ3n) is 4.54. The Morgan fingerprint density at radius 2 is 1.93 bits per heavy atom. The molecule has 0 saturated carbocycles. The number of ether oxygens (including phenoxy) is 2. The van der Waals surface area contributed by atoms with Crippen molar-refractivity contribution in [3.8, 4) is 17.1 Å². The summed E-state index contributed by atoms with van der Waals surface area (Å²) in [5.74, 6) is 0.631. The summed E-state index contributed by atoms with van der Waals surface area (Å²) in [6, 6.07) is 11.2. The minimum absolute atomic E-state index is 0.0226. The summed E-state index contributed by atoms with van der Waals surface area (Å²) in [6.45, 7) is 1.84. The molecule has 0 saturated heterocycles. The van der Waals surface area contributed by atoms with Gasteiger partial charge in [0.05, 0.1) is 11.1 Å². The van der Waals surface area contributed by atoms with Crippen LogP contribution >= 0.6 is 0 Å². The lowest BCUT2D eigenvalue weighted by Gasteiger charge is -2.07. The fourth-order valence-corrected chi connectivity index (χ4v) is 3.11. The number of rotatable bonds is 4. The number of halogens is 3. The molecule has 1 aliphatic heterocycles. The molecular formula is C21H16F3NO4. The highest BCUT2D eigenvalue weighted by Crippen LogP contribution is 2.33. The van der Waals surface area contributed by atoms with E-state index >= 15 is 0 Å². The Bertz CT molecular complexity index is 1040. The molecule has 5 nitrogen and oxygen atoms in total. The van der Waals surface area contributed by atoms with Gasteiger partial charge in [0.1, 0.15) is 24.2 Å². The van der Waals surface area contributed by atoms with Crippen molar-refractivity contribution in [1.82, 2.24) is 5.16 Å². The second-order valence-electron chi connectivity index (χ2n) is 6.79. The van der Waals surface area contributed by atoms with E-state index < -0.39 is 17.7 Å². The van der Waals surface area contributed by atoms with Gasteiger partial charge in [-0.1, -0.05) is 5.16 Å². The molecule has 3 aromatic rings. The maximum Gasteiger partial charge on any atom is 0.416 e. The molecule has 4 rings (SSSR count). The lowest BCUT2D eigenvalue weighted by Crippen LogP contribution is -2.08. The summed E-state index contributed by atoms with van der Waals surface area (Å²) < 4.78 is 53.9. The summed E-state index contributed by atoms with van der Waals surface area (Å²) in [4.78, 5) is 12.0. The van der Waals surface area contributed by atoms with Crippen LogP contribution in [0.25, 0.3) is 11.3 Å². The van der Waals surface area contributed by atoms with Crippen LogP contribution in [0.15, 0.2) is 53.1 Å². The third kappa shape index (κ3) is 4.11. The molecule has 0 amide bonds. The van der Waals surface area contributed by atoms with Gasteiger partial charge in [-0.25, -0.2) is 4.79 Å². The lowest BCUT2D eigenvalue weighted by atomic mass is 10.1. The van der Waals surface area contributed by atoms with E-state index in [-0.39, 0.29) is 18.3 Å². The van der Waals surface area contributed by atoms with Crippen molar-refractivity contribution < 1.29 is 32.0 Å². The van der Waals surface area contributed by atoms with Gasteiger partial charge >= 0.3 is 12.1 Å². The molecule has 0 aliphatic carbocycles. The largest absolute Gasteiger partial charge is 0.490 e. The van der Waals surface area contributed by atoms with E-state index in [4.69, 9.17) is 14.0 Å². The minimum atomic E-state index is -4.46. The molecule has 0 radical (unpaired) electrons. The normalized spacial score (nSPS) is 15.7. The number of alkyl halides is 3. The molecule has 0 spiro atoms. The van der Waals surface area contributed by atoms with Crippen LogP contribution in [0, 0.1) is 0 Å². The summed E-state index contributed by atoms with van der Waals surface area (Å²) in [5, 5.41) is 3.88. The molecule has 8 heteroatoms. The SMILES string of the molecule is CC1Cc2cc(-c3cc(COC(=O)c4ccc(C(F)(F)F)cc4)no3)ccc2O1. The predicted molar refractivity (Wildman–Crippen MR) is 96.3 cm³/mol. The van der Waals surface area contributed by atoms with E-state index in [1.807, 2.05) is 25.1 Å². The van der Waals surface area contributed by atoms with Crippen molar-refractivity contribution >= 4 is 5.97 Å². The van der Waals surface area contributed by atoms with Crippen molar-refractivity contribution in [2.45, 2.75) is 32.2 Å². The van der Waals surface area contributed by atoms with E-state index in [0.29, 0.717) is 11.5 Å². The average Bonchev–Trinajstić information content (AvgIpc) is 3.30. The minimum Gasteiger partial charge on any atom is -0.490 e. The van der Waals surface area contributed by atoms with Crippen LogP contribution in [-0.4, -0.2) is 17.2 Å². The topological polar surface area (TPSA) is 61.6 Å². The first kappa shape index (κ1) is 19.0. The zero-order valence-electron chi connectivity index (χ0n) is 15.3. The zero-order valence-corrected chi connectivity index (χ0v) is 15.3. The monoisotopic (exact) mass is 403 g/mol. The van der Waals surface area contributed by atoms with Crippen molar-refractivity contribution in [2.24, 2.45) is 0 Å². The third-order valence-corrected chi connectivity index (χ3v) is 4.54. The fraction of sp³-hybridized carbons (Fsp3) is 0.238. The molecule has 150 valence electrons. The number of benzene rings is 2. The molecule has 1 unspecified atom stereocenters. The molecular weight excluding hydrogens is 387 g/mol. The van der Waals surface area contributed by atoms with E-state index in [1.54, 1.807) is 6.07 Å². The Balaban J connectivity index is 1.40. The first-order chi connectivity index (χ1) is 13.8. The van der Waals surface area contributed by atoms with E-state index in [9.17, 15) is 18.0 Å². The standard InChI is InChI=1S/C21H16F3NO4/c1-12-8-15-9-14(4-7-18(15)28-12)19-10-17(25-29-19)11-27-20(26)13-2-5-16(6-3-13)21(22,23)24/h2-7,9-10,12H,8,11H2,1H3. The fourth-order valence-electron chi connectivity index (χ4n) is 3.11. The van der Waals surface area contributed by atoms with Gasteiger partial charge in [0, 0.05) is 18.1 Å². The first-order valence-electron chi connectivity index (χ1n) is 8.89. The molecule has 1 atom stereocenters. The van der Waals surface area contributed by atoms with Crippen LogP contribution in [0.5, 0.6) is 5.75 Å². The molecule has 0 bridgehead atoms. The molecule has 29 heavy (non-hydrogen) atoms. The molecule has 1 aliphatic rings. The Morgan fingerprint density at radius 3 is 2.66 bits per heavy atom. The van der Waals surface area contributed by atoms with Crippen molar-refractivity contribution in [1.29, 1.82) is 0 Å². The van der Waals surface area contributed by atoms with Crippen molar-refractivity contribution in [3.63, 3.8) is 0 Å². The van der Waals surface area contributed by atoms with Gasteiger partial charge in [-0.3, -0.25) is 0 Å². The smallest absolute Gasteiger partial charge is 0.416 e. The highest BCUT2D eigenvalue weighted by Gasteiger charge is 2.30. The van der Waals surface area contributed by atoms with Gasteiger partial charge in [0.25, 0.3) is 0 Å². The van der Waals surface area contributed by atoms with Gasteiger partial charge in [-0.2, -0.15) is 13.2 Å². The van der Waals surface area contributed by atoms with Crippen LogP contribution in [0.4, 0.5) is 13.2 Å². The summed E-state index contributed by atoms with van der Waals surface area (Å²) in [5.41, 5.74) is 1.50. The van der Waals surface area contributed by atoms with Crippen molar-refractivity contribution in [2.75, 3.05) is 0 Å². The maximum absolute atomic E-state index is 12.6. The Hall–Kier alpha value is -3.29. The van der Waals surface area contributed by atoms with Crippen LogP contribution in [0.1, 0.15) is 34.1 Å². The molecule has 1 aromatic heterocycles. The van der Waals surface area contributed by atoms with E-state index in [1.165, 1.54) is 0 Å². The number of fused-ring (bicyclic) bond motifs is 1. The Kier molecular flexibility index (Phi) is 4.77. The number of carbonyl (C=O) groups excluding carboxylic acids is 1. The Labute approximate surface area is 164 Å². The summed E-state index contributed by atoms with van der Waals surface area (Å²) in [6.07, 6.45) is -3.51. The summed E-state index contributed by atoms with van der Waals surface area (Å²) in [7, 11) is 0. The maximum atomic E-state index is 12.6. The highest BCUT2D eigenvalue weighted by molar-refractivity contribution is 5.89. The van der Waals surface area contributed by atoms with Gasteiger partial charge in [-0.05, 0) is 55.0 Å². The van der Waals surface area contributed by atoms with Crippen LogP contribution in [-0.2, 0) is 23.9 Å². The molecule has 0 fully saturated rings. The van der Waals surface area contributed by atoms with Crippen molar-refractivity contribution in [3.05, 3.63) is 70.9 Å². The van der Waals surface area contributed by atoms with Gasteiger partial charge in [0.2, 0.25) is 0 Å². The van der Waals surface area contributed by atoms with E-state index in [2.05, 4.69) is 5.16 Å². The molecule has 2 aromatic carbocycles. The van der Waals surface area contributed by atoms with Crippen LogP contribution in [0.3, 0.4) is 0 Å². The number of hydrogen-bond acceptors (Lipinski definition) is 5. The zero-order chi connectivity index (χ0) is 20.6. The number of carbonyl (C=O) groups is 1. The lowest BCUT2D eigenvalue weighted by molar-refractivity contribution is -0.137. The molecule has 0 N–H and O–H groups in total. The number of hydrogen-bond donors (Lipinski definition) is 0. The van der Waals surface area contributed by atoms with Crippen LogP contribution < -0.4 is 4.74 Å². The number of aromatic nitrogens is 1. The predicted octanol–water partition coefficient (Wildman–Crippen LogP) is 5.04. The second-order valence-corrected chi connectivity index (χ2v) is 6.79. The van der Waals surface area contributed by atoms with Gasteiger partial charge in [0.15, 0.2) is 5.76 Å². The quantitative estimate of drug-likeness (QED) is 0.571. The highest BCUT2D eigenvalue weighted by atomic mass is 19.4. The first-order valence-corrected chi connectivity index (χ1v) is 8.89. The second kappa shape index (κ2) is 7.27. The average molecular weight is 403 g/mol. The van der Waals surface area contributed by atoms with Gasteiger partial charge < -0.3 is 14.0 Å². The Morgan fingerprint density at radius 1 is 1.17 bits per heavy atom. The number of esters is 1. The molecule has 2 heterocycles. The van der Waals surface area contributed by atoms with Gasteiger partial charge in [-0.15, -0.1) is 0 Å². The van der Waals surface area contributed by atoms with E-state index in [0.717, 1.165) is 47.6 Å². The summed E-state index contributed by atoms with van der Waals surface area (Å²) >= 11 is 0.